The van der Waals surface area contributed by atoms with Crippen LogP contribution in [0, 0.1) is 0 Å². The van der Waals surface area contributed by atoms with E-state index < -0.39 is 14.6 Å². The molecule has 0 aromatic heterocycles. The number of sulfone groups is 1. The van der Waals surface area contributed by atoms with E-state index in [-0.39, 0.29) is 5.75 Å². The lowest BCUT2D eigenvalue weighted by molar-refractivity contribution is 0.129. The van der Waals surface area contributed by atoms with Crippen molar-refractivity contribution >= 4 is 9.84 Å². The molecule has 0 saturated carbocycles. The summed E-state index contributed by atoms with van der Waals surface area (Å²) in [6, 6.07) is 0. The molecule has 0 aliphatic heterocycles. The highest BCUT2D eigenvalue weighted by Crippen LogP contribution is 2.15. The van der Waals surface area contributed by atoms with E-state index in [0.29, 0.717) is 6.54 Å². The summed E-state index contributed by atoms with van der Waals surface area (Å²) in [5.41, 5.74) is 0. The minimum absolute atomic E-state index is 0.202. The number of nitrogens with one attached hydrogen (secondary N) is 1. The van der Waals surface area contributed by atoms with Crippen molar-refractivity contribution in [3.8, 4) is 0 Å². The predicted octanol–water partition coefficient (Wildman–Crippen LogP) is 2.00. The fraction of sp³-hybridized carbons (Fsp3) is 1.00. The molecule has 18 heavy (non-hydrogen) atoms. The minimum Gasteiger partial charge on any atom is -0.381 e. The molecule has 0 radical (unpaired) electrons. The first-order chi connectivity index (χ1) is 8.31. The van der Waals surface area contributed by atoms with E-state index in [1.54, 1.807) is 20.8 Å². The first-order valence-corrected chi connectivity index (χ1v) is 8.47. The number of ether oxygens (including phenoxy) is 1. The van der Waals surface area contributed by atoms with Crippen LogP contribution in [0.25, 0.3) is 0 Å². The van der Waals surface area contributed by atoms with Crippen LogP contribution in [0.3, 0.4) is 0 Å². The molecule has 0 saturated heterocycles. The van der Waals surface area contributed by atoms with Crippen molar-refractivity contribution in [3.05, 3.63) is 0 Å². The zero-order valence-electron chi connectivity index (χ0n) is 12.3. The third kappa shape index (κ3) is 8.06. The third-order valence-electron chi connectivity index (χ3n) is 2.77. The maximum atomic E-state index is 11.8. The highest BCUT2D eigenvalue weighted by Gasteiger charge is 2.27. The zero-order chi connectivity index (χ0) is 14.1. The SMILES string of the molecule is CCCCOCCCNCCS(=O)(=O)C(C)(C)C. The molecular weight excluding hydrogens is 250 g/mol. The summed E-state index contributed by atoms with van der Waals surface area (Å²) < 4.78 is 28.4. The van der Waals surface area contributed by atoms with Crippen molar-refractivity contribution in [2.24, 2.45) is 0 Å². The second kappa shape index (κ2) is 8.88. The van der Waals surface area contributed by atoms with Crippen LogP contribution in [0.4, 0.5) is 0 Å². The van der Waals surface area contributed by atoms with E-state index in [9.17, 15) is 8.42 Å². The van der Waals surface area contributed by atoms with E-state index in [2.05, 4.69) is 12.2 Å². The van der Waals surface area contributed by atoms with Crippen molar-refractivity contribution in [3.63, 3.8) is 0 Å². The molecule has 0 aliphatic rings. The molecule has 0 atom stereocenters. The van der Waals surface area contributed by atoms with Crippen molar-refractivity contribution < 1.29 is 13.2 Å². The molecule has 0 rings (SSSR count). The van der Waals surface area contributed by atoms with Gasteiger partial charge in [-0.2, -0.15) is 0 Å². The van der Waals surface area contributed by atoms with Gasteiger partial charge in [0.05, 0.1) is 10.5 Å². The number of unbranched alkanes of at least 4 members (excludes halogenated alkanes) is 1. The Labute approximate surface area is 112 Å². The van der Waals surface area contributed by atoms with Gasteiger partial charge < -0.3 is 10.1 Å². The van der Waals surface area contributed by atoms with Crippen molar-refractivity contribution in [2.45, 2.75) is 51.7 Å². The zero-order valence-corrected chi connectivity index (χ0v) is 13.1. The molecule has 0 aliphatic carbocycles. The summed E-state index contributed by atoms with van der Waals surface area (Å²) in [6.45, 7) is 10.3. The third-order valence-corrected chi connectivity index (χ3v) is 5.37. The van der Waals surface area contributed by atoms with Gasteiger partial charge in [-0.1, -0.05) is 13.3 Å². The number of hydrogen-bond acceptors (Lipinski definition) is 4. The van der Waals surface area contributed by atoms with Gasteiger partial charge in [0.15, 0.2) is 9.84 Å². The molecule has 5 heteroatoms. The van der Waals surface area contributed by atoms with E-state index in [4.69, 9.17) is 4.74 Å². The van der Waals surface area contributed by atoms with Crippen molar-refractivity contribution in [1.29, 1.82) is 0 Å². The summed E-state index contributed by atoms with van der Waals surface area (Å²) in [5, 5.41) is 3.15. The Kier molecular flexibility index (Phi) is 8.82. The van der Waals surface area contributed by atoms with Gasteiger partial charge in [-0.3, -0.25) is 0 Å². The Morgan fingerprint density at radius 1 is 1.06 bits per heavy atom. The standard InChI is InChI=1S/C13H29NO3S/c1-5-6-10-17-11-7-8-14-9-12-18(15,16)13(2,3)4/h14H,5-12H2,1-4H3. The van der Waals surface area contributed by atoms with E-state index >= 15 is 0 Å². The van der Waals surface area contributed by atoms with Crippen LogP contribution < -0.4 is 5.32 Å². The molecule has 0 heterocycles. The summed E-state index contributed by atoms with van der Waals surface area (Å²) in [6.07, 6.45) is 3.19. The molecule has 0 amide bonds. The molecule has 0 fully saturated rings. The molecule has 1 N–H and O–H groups in total. The molecule has 0 spiro atoms. The van der Waals surface area contributed by atoms with Crippen LogP contribution in [0.1, 0.15) is 47.0 Å². The second-order valence-electron chi connectivity index (χ2n) is 5.50. The van der Waals surface area contributed by atoms with E-state index in [1.165, 1.54) is 0 Å². The van der Waals surface area contributed by atoms with Gasteiger partial charge >= 0.3 is 0 Å². The van der Waals surface area contributed by atoms with Gasteiger partial charge in [0.1, 0.15) is 0 Å². The van der Waals surface area contributed by atoms with Crippen molar-refractivity contribution in [1.82, 2.24) is 5.32 Å². The van der Waals surface area contributed by atoms with Gasteiger partial charge in [-0.25, -0.2) is 8.42 Å². The van der Waals surface area contributed by atoms with Gasteiger partial charge in [0.25, 0.3) is 0 Å². The van der Waals surface area contributed by atoms with E-state index in [0.717, 1.165) is 39.0 Å². The Morgan fingerprint density at radius 2 is 1.67 bits per heavy atom. The van der Waals surface area contributed by atoms with Crippen LogP contribution in [0.5, 0.6) is 0 Å². The lowest BCUT2D eigenvalue weighted by Gasteiger charge is -2.19. The van der Waals surface area contributed by atoms with Gasteiger partial charge in [-0.05, 0) is 40.2 Å². The minimum atomic E-state index is -3.00. The molecule has 0 unspecified atom stereocenters. The quantitative estimate of drug-likeness (QED) is 0.621. The fourth-order valence-electron chi connectivity index (χ4n) is 1.29. The maximum absolute atomic E-state index is 11.8. The number of rotatable bonds is 10. The molecule has 0 aromatic rings. The molecule has 0 aromatic carbocycles. The lowest BCUT2D eigenvalue weighted by atomic mass is 10.3. The van der Waals surface area contributed by atoms with Crippen LogP contribution >= 0.6 is 0 Å². The highest BCUT2D eigenvalue weighted by atomic mass is 32.2. The fourth-order valence-corrected chi connectivity index (χ4v) is 2.31. The average Bonchev–Trinajstić information content (AvgIpc) is 2.25. The first kappa shape index (κ1) is 17.9. The average molecular weight is 279 g/mol. The monoisotopic (exact) mass is 279 g/mol. The Morgan fingerprint density at radius 3 is 2.22 bits per heavy atom. The second-order valence-corrected chi connectivity index (χ2v) is 8.36. The Bertz CT molecular complexity index is 294. The molecule has 110 valence electrons. The number of hydrogen-bond donors (Lipinski definition) is 1. The Hall–Kier alpha value is -0.130. The normalized spacial score (nSPS) is 12.9. The summed E-state index contributed by atoms with van der Waals surface area (Å²) in [5.74, 6) is 0.202. The smallest absolute Gasteiger partial charge is 0.156 e. The topological polar surface area (TPSA) is 55.4 Å². The van der Waals surface area contributed by atoms with Crippen LogP contribution in [0.15, 0.2) is 0 Å². The summed E-state index contributed by atoms with van der Waals surface area (Å²) >= 11 is 0. The Balaban J connectivity index is 3.47. The molecular formula is C13H29NO3S. The van der Waals surface area contributed by atoms with Gasteiger partial charge in [0.2, 0.25) is 0 Å². The maximum Gasteiger partial charge on any atom is 0.156 e. The molecule has 0 bridgehead atoms. The van der Waals surface area contributed by atoms with Gasteiger partial charge in [0, 0.05) is 19.8 Å². The largest absolute Gasteiger partial charge is 0.381 e. The first-order valence-electron chi connectivity index (χ1n) is 6.82. The lowest BCUT2D eigenvalue weighted by Crippen LogP contribution is -2.35. The van der Waals surface area contributed by atoms with Crippen LogP contribution in [-0.2, 0) is 14.6 Å². The summed E-state index contributed by atoms with van der Waals surface area (Å²) in [4.78, 5) is 0. The van der Waals surface area contributed by atoms with Crippen LogP contribution in [0.2, 0.25) is 0 Å². The van der Waals surface area contributed by atoms with Crippen LogP contribution in [-0.4, -0.2) is 45.2 Å². The van der Waals surface area contributed by atoms with Crippen molar-refractivity contribution in [2.75, 3.05) is 32.1 Å². The van der Waals surface area contributed by atoms with E-state index in [1.807, 2.05) is 0 Å². The summed E-state index contributed by atoms with van der Waals surface area (Å²) in [7, 11) is -3.00. The molecule has 4 nitrogen and oxygen atoms in total. The van der Waals surface area contributed by atoms with Gasteiger partial charge in [-0.15, -0.1) is 0 Å². The predicted molar refractivity (Wildman–Crippen MR) is 76.8 cm³/mol. The highest BCUT2D eigenvalue weighted by molar-refractivity contribution is 7.92.